The van der Waals surface area contributed by atoms with E-state index >= 15 is 0 Å². The predicted molar refractivity (Wildman–Crippen MR) is 79.5 cm³/mol. The number of hydrogen-bond acceptors (Lipinski definition) is 2. The molecule has 2 nitrogen and oxygen atoms in total. The van der Waals surface area contributed by atoms with Crippen LogP contribution in [0.1, 0.15) is 12.8 Å². The quantitative estimate of drug-likeness (QED) is 0.642. The van der Waals surface area contributed by atoms with E-state index in [2.05, 4.69) is 48.6 Å². The third-order valence-corrected chi connectivity index (χ3v) is 8.60. The minimum atomic E-state index is -0.557. The van der Waals surface area contributed by atoms with Gasteiger partial charge < -0.3 is 0 Å². The summed E-state index contributed by atoms with van der Waals surface area (Å²) in [7, 11) is 0. The second-order valence-corrected chi connectivity index (χ2v) is 8.47. The fourth-order valence-corrected chi connectivity index (χ4v) is 7.96. The van der Waals surface area contributed by atoms with Crippen molar-refractivity contribution in [3.63, 3.8) is 0 Å². The highest BCUT2D eigenvalue weighted by Gasteiger charge is 2.89. The van der Waals surface area contributed by atoms with Crippen LogP contribution in [0.2, 0.25) is 0 Å². The van der Waals surface area contributed by atoms with E-state index in [4.69, 9.17) is 0 Å². The van der Waals surface area contributed by atoms with Crippen molar-refractivity contribution >= 4 is 11.6 Å². The van der Waals surface area contributed by atoms with E-state index in [9.17, 15) is 9.59 Å². The number of hydrogen-bond donors (Lipinski definition) is 0. The van der Waals surface area contributed by atoms with Gasteiger partial charge in [0.15, 0.2) is 11.6 Å². The van der Waals surface area contributed by atoms with E-state index in [1.54, 1.807) is 0 Å². The number of allylic oxidation sites excluding steroid dienone is 8. The van der Waals surface area contributed by atoms with Crippen molar-refractivity contribution in [3.8, 4) is 0 Å². The highest BCUT2D eigenvalue weighted by Crippen LogP contribution is 2.84. The largest absolute Gasteiger partial charge is 0.298 e. The van der Waals surface area contributed by atoms with Crippen LogP contribution in [0, 0.1) is 45.3 Å². The Labute approximate surface area is 128 Å². The second-order valence-electron chi connectivity index (χ2n) is 8.47. The summed E-state index contributed by atoms with van der Waals surface area (Å²) >= 11 is 0. The zero-order valence-electron chi connectivity index (χ0n) is 12.2. The summed E-state index contributed by atoms with van der Waals surface area (Å²) in [6, 6.07) is 0. The minimum absolute atomic E-state index is 0.230. The number of carbonyl (C=O) groups is 2. The SMILES string of the molecule is O=C1C23C=CC14[C@H]1C=C[C@H](C1)C41C=CC2(C1=O)[C@H]1C=C[C@@H]3C1. The molecule has 0 amide bonds. The first-order valence-electron chi connectivity index (χ1n) is 8.52. The van der Waals surface area contributed by atoms with Gasteiger partial charge in [-0.3, -0.25) is 9.59 Å². The second kappa shape index (κ2) is 2.55. The van der Waals surface area contributed by atoms with Gasteiger partial charge in [-0.2, -0.15) is 0 Å². The Morgan fingerprint density at radius 3 is 1.14 bits per heavy atom. The molecule has 8 bridgehead atoms. The lowest BCUT2D eigenvalue weighted by Crippen LogP contribution is -2.66. The van der Waals surface area contributed by atoms with Gasteiger partial charge in [0, 0.05) is 0 Å². The summed E-state index contributed by atoms with van der Waals surface area (Å²) in [6.07, 6.45) is 19.5. The molecule has 7 rings (SSSR count). The van der Waals surface area contributed by atoms with Crippen LogP contribution in [0.5, 0.6) is 0 Å². The van der Waals surface area contributed by atoms with Crippen molar-refractivity contribution in [2.24, 2.45) is 45.3 Å². The lowest BCUT2D eigenvalue weighted by atomic mass is 9.43. The van der Waals surface area contributed by atoms with Crippen LogP contribution in [0.25, 0.3) is 0 Å². The molecule has 4 spiro atoms. The van der Waals surface area contributed by atoms with E-state index in [0.717, 1.165) is 12.8 Å². The Morgan fingerprint density at radius 1 is 0.591 bits per heavy atom. The fraction of sp³-hybridized carbons (Fsp3) is 0.500. The monoisotopic (exact) mass is 288 g/mol. The van der Waals surface area contributed by atoms with E-state index in [1.165, 1.54) is 0 Å². The van der Waals surface area contributed by atoms with Crippen LogP contribution >= 0.6 is 0 Å². The van der Waals surface area contributed by atoms with Crippen LogP contribution in [0.15, 0.2) is 48.6 Å². The summed E-state index contributed by atoms with van der Waals surface area (Å²) in [5.74, 6) is 1.67. The van der Waals surface area contributed by atoms with E-state index in [-0.39, 0.29) is 23.7 Å². The maximum atomic E-state index is 13.8. The molecule has 0 radical (unpaired) electrons. The smallest absolute Gasteiger partial charge is 0.156 e. The minimum Gasteiger partial charge on any atom is -0.298 e. The number of Topliss-reactive ketones (excluding diaryl/α,β-unsaturated/α-hetero) is 2. The van der Waals surface area contributed by atoms with Crippen molar-refractivity contribution in [2.45, 2.75) is 12.8 Å². The molecule has 108 valence electrons. The van der Waals surface area contributed by atoms with Crippen LogP contribution in [0.3, 0.4) is 0 Å². The molecule has 3 fully saturated rings. The molecule has 4 unspecified atom stereocenters. The van der Waals surface area contributed by atoms with Gasteiger partial charge in [-0.15, -0.1) is 0 Å². The first kappa shape index (κ1) is 10.9. The van der Waals surface area contributed by atoms with Gasteiger partial charge in [0.25, 0.3) is 0 Å². The zero-order valence-corrected chi connectivity index (χ0v) is 12.2. The number of carbonyl (C=O) groups excluding carboxylic acids is 2. The molecule has 0 aromatic heterocycles. The Hall–Kier alpha value is -1.70. The maximum absolute atomic E-state index is 13.8. The summed E-state index contributed by atoms with van der Waals surface area (Å²) in [4.78, 5) is 27.7. The van der Waals surface area contributed by atoms with E-state index < -0.39 is 21.7 Å². The Bertz CT molecular complexity index is 714. The van der Waals surface area contributed by atoms with Crippen molar-refractivity contribution in [1.82, 2.24) is 0 Å². The molecular formula is C20H16O2. The van der Waals surface area contributed by atoms with E-state index in [0.29, 0.717) is 11.6 Å². The Morgan fingerprint density at radius 2 is 0.864 bits per heavy atom. The molecule has 7 aliphatic carbocycles. The average molecular weight is 288 g/mol. The summed E-state index contributed by atoms with van der Waals surface area (Å²) in [6.45, 7) is 0. The molecule has 7 aliphatic rings. The maximum Gasteiger partial charge on any atom is 0.156 e. The number of ketones is 2. The summed E-state index contributed by atoms with van der Waals surface area (Å²) in [5.41, 5.74) is -2.23. The Balaban J connectivity index is 1.70. The molecule has 0 N–H and O–H groups in total. The highest BCUT2D eigenvalue weighted by atomic mass is 16.2. The van der Waals surface area contributed by atoms with Gasteiger partial charge in [0.05, 0.1) is 21.7 Å². The molecule has 8 atom stereocenters. The van der Waals surface area contributed by atoms with Crippen molar-refractivity contribution < 1.29 is 9.59 Å². The molecule has 0 aromatic carbocycles. The highest BCUT2D eigenvalue weighted by molar-refractivity contribution is 6.18. The molecule has 0 saturated heterocycles. The van der Waals surface area contributed by atoms with Gasteiger partial charge in [-0.1, -0.05) is 48.6 Å². The van der Waals surface area contributed by atoms with Crippen LogP contribution in [-0.2, 0) is 9.59 Å². The van der Waals surface area contributed by atoms with Gasteiger partial charge in [0.2, 0.25) is 0 Å². The van der Waals surface area contributed by atoms with Crippen LogP contribution in [-0.4, -0.2) is 11.6 Å². The molecule has 22 heavy (non-hydrogen) atoms. The normalized spacial score (nSPS) is 66.0. The lowest BCUT2D eigenvalue weighted by molar-refractivity contribution is -0.166. The first-order chi connectivity index (χ1) is 10.6. The van der Waals surface area contributed by atoms with Crippen molar-refractivity contribution in [1.29, 1.82) is 0 Å². The van der Waals surface area contributed by atoms with Crippen LogP contribution in [0.4, 0.5) is 0 Å². The predicted octanol–water partition coefficient (Wildman–Crippen LogP) is 2.64. The van der Waals surface area contributed by atoms with Crippen molar-refractivity contribution in [2.75, 3.05) is 0 Å². The van der Waals surface area contributed by atoms with Gasteiger partial charge >= 0.3 is 0 Å². The molecular weight excluding hydrogens is 272 g/mol. The molecule has 0 aliphatic heterocycles. The molecule has 2 heteroatoms. The average Bonchev–Trinajstić information content (AvgIpc) is 3.28. The fourth-order valence-electron chi connectivity index (χ4n) is 7.96. The molecule has 3 saturated carbocycles. The van der Waals surface area contributed by atoms with Gasteiger partial charge in [0.1, 0.15) is 0 Å². The summed E-state index contributed by atoms with van der Waals surface area (Å²) < 4.78 is 0. The summed E-state index contributed by atoms with van der Waals surface area (Å²) in [5, 5.41) is 0. The molecule has 0 aromatic rings. The topological polar surface area (TPSA) is 34.1 Å². The van der Waals surface area contributed by atoms with Crippen molar-refractivity contribution in [3.05, 3.63) is 48.6 Å². The standard InChI is InChI=1S/C20H16O2/c21-15-17-5-6-19(15)13-3-4-14(10-13)20(19)8-7-18(17,16(20)22)12-2-1-11(17)9-12/h1-8,11-14H,9-10H2/t11-,12+,13+,14-,17?,18?,19?,20?. The van der Waals surface area contributed by atoms with Gasteiger partial charge in [-0.05, 0) is 36.5 Å². The lowest BCUT2D eigenvalue weighted by Gasteiger charge is -2.55. The third-order valence-electron chi connectivity index (χ3n) is 8.60. The zero-order chi connectivity index (χ0) is 14.5. The first-order valence-corrected chi connectivity index (χ1v) is 8.52. The van der Waals surface area contributed by atoms with E-state index in [1.807, 2.05) is 0 Å². The Kier molecular flexibility index (Phi) is 1.27. The number of fused-ring (bicyclic) bond motifs is 4. The van der Waals surface area contributed by atoms with Gasteiger partial charge in [-0.25, -0.2) is 0 Å². The van der Waals surface area contributed by atoms with Crippen LogP contribution < -0.4 is 0 Å². The third kappa shape index (κ3) is 0.591. The molecule has 0 heterocycles. The number of rotatable bonds is 0.